The minimum atomic E-state index is -1.41. The highest BCUT2D eigenvalue weighted by atomic mass is 35.5. The van der Waals surface area contributed by atoms with Gasteiger partial charge in [0.1, 0.15) is 5.82 Å². The SMILES string of the molecule is O=C(O)c1ccc(Nc2ncc(Cl)cc2[N+](=O)[O-])cc1F. The van der Waals surface area contributed by atoms with E-state index in [1.54, 1.807) is 0 Å². The summed E-state index contributed by atoms with van der Waals surface area (Å²) in [5.74, 6) is -2.51. The monoisotopic (exact) mass is 311 g/mol. The van der Waals surface area contributed by atoms with E-state index in [0.717, 1.165) is 18.2 Å². The number of carboxylic acids is 1. The van der Waals surface area contributed by atoms with E-state index in [1.165, 1.54) is 12.3 Å². The number of carboxylic acid groups (broad SMARTS) is 1. The Morgan fingerprint density at radius 1 is 1.43 bits per heavy atom. The predicted octanol–water partition coefficient (Wildman–Crippen LogP) is 3.22. The van der Waals surface area contributed by atoms with Crippen LogP contribution in [0.25, 0.3) is 0 Å². The second-order valence-electron chi connectivity index (χ2n) is 3.90. The number of anilines is 2. The van der Waals surface area contributed by atoms with Crippen molar-refractivity contribution < 1.29 is 19.2 Å². The summed E-state index contributed by atoms with van der Waals surface area (Å²) < 4.78 is 13.5. The smallest absolute Gasteiger partial charge is 0.338 e. The minimum absolute atomic E-state index is 0.0830. The maximum absolute atomic E-state index is 13.5. The molecule has 2 rings (SSSR count). The van der Waals surface area contributed by atoms with Gasteiger partial charge in [0, 0.05) is 18.0 Å². The molecule has 0 aliphatic heterocycles. The van der Waals surface area contributed by atoms with E-state index in [2.05, 4.69) is 10.3 Å². The first-order chi connectivity index (χ1) is 9.88. The molecule has 2 aromatic rings. The molecular formula is C12H7ClFN3O4. The molecule has 0 fully saturated rings. The first-order valence-corrected chi connectivity index (χ1v) is 5.86. The van der Waals surface area contributed by atoms with Crippen molar-refractivity contribution in [2.75, 3.05) is 5.32 Å². The van der Waals surface area contributed by atoms with Gasteiger partial charge in [-0.15, -0.1) is 0 Å². The third kappa shape index (κ3) is 3.23. The Bertz CT molecular complexity index is 738. The third-order valence-electron chi connectivity index (χ3n) is 2.49. The van der Waals surface area contributed by atoms with Gasteiger partial charge in [-0.2, -0.15) is 0 Å². The molecule has 108 valence electrons. The van der Waals surface area contributed by atoms with E-state index >= 15 is 0 Å². The Morgan fingerprint density at radius 2 is 2.14 bits per heavy atom. The quantitative estimate of drug-likeness (QED) is 0.663. The van der Waals surface area contributed by atoms with Gasteiger partial charge in [0.2, 0.25) is 5.82 Å². The maximum atomic E-state index is 13.5. The number of nitrogens with one attached hydrogen (secondary N) is 1. The lowest BCUT2D eigenvalue weighted by atomic mass is 10.2. The number of aromatic nitrogens is 1. The van der Waals surface area contributed by atoms with Gasteiger partial charge in [-0.25, -0.2) is 14.2 Å². The van der Waals surface area contributed by atoms with Crippen molar-refractivity contribution in [3.8, 4) is 0 Å². The largest absolute Gasteiger partial charge is 0.478 e. The molecule has 0 atom stereocenters. The molecule has 0 spiro atoms. The zero-order chi connectivity index (χ0) is 15.6. The van der Waals surface area contributed by atoms with Gasteiger partial charge in [-0.05, 0) is 18.2 Å². The Kier molecular flexibility index (Phi) is 3.99. The fourth-order valence-corrected chi connectivity index (χ4v) is 1.72. The standard InChI is InChI=1S/C12H7ClFN3O4/c13-6-3-10(17(20)21)11(15-5-6)16-7-1-2-8(12(18)19)9(14)4-7/h1-5H,(H,15,16)(H,18,19). The summed E-state index contributed by atoms with van der Waals surface area (Å²) in [6, 6.07) is 4.32. The molecule has 0 aliphatic carbocycles. The molecule has 0 amide bonds. The molecule has 9 heteroatoms. The summed E-state index contributed by atoms with van der Waals surface area (Å²) in [6.07, 6.45) is 1.19. The average molecular weight is 312 g/mol. The molecule has 0 unspecified atom stereocenters. The van der Waals surface area contributed by atoms with Gasteiger partial charge in [-0.1, -0.05) is 11.6 Å². The summed E-state index contributed by atoms with van der Waals surface area (Å²) in [6.45, 7) is 0. The van der Waals surface area contributed by atoms with Crippen molar-refractivity contribution in [1.82, 2.24) is 4.98 Å². The Labute approximate surface area is 122 Å². The number of hydrogen-bond acceptors (Lipinski definition) is 5. The number of carbonyl (C=O) groups is 1. The van der Waals surface area contributed by atoms with E-state index in [9.17, 15) is 19.3 Å². The zero-order valence-corrected chi connectivity index (χ0v) is 11.0. The van der Waals surface area contributed by atoms with Crippen LogP contribution in [0.5, 0.6) is 0 Å². The van der Waals surface area contributed by atoms with E-state index in [-0.39, 0.29) is 22.2 Å². The van der Waals surface area contributed by atoms with Crippen LogP contribution in [0.1, 0.15) is 10.4 Å². The summed E-state index contributed by atoms with van der Waals surface area (Å²) in [4.78, 5) is 24.7. The van der Waals surface area contributed by atoms with E-state index in [0.29, 0.717) is 0 Å². The normalized spacial score (nSPS) is 10.2. The summed E-state index contributed by atoms with van der Waals surface area (Å²) in [7, 11) is 0. The zero-order valence-electron chi connectivity index (χ0n) is 10.2. The van der Waals surface area contributed by atoms with Crippen molar-refractivity contribution in [3.05, 3.63) is 57.0 Å². The fraction of sp³-hybridized carbons (Fsp3) is 0. The number of rotatable bonds is 4. The second kappa shape index (κ2) is 5.71. The lowest BCUT2D eigenvalue weighted by molar-refractivity contribution is -0.384. The summed E-state index contributed by atoms with van der Waals surface area (Å²) >= 11 is 5.62. The second-order valence-corrected chi connectivity index (χ2v) is 4.34. The van der Waals surface area contributed by atoms with Crippen LogP contribution in [0.4, 0.5) is 21.6 Å². The minimum Gasteiger partial charge on any atom is -0.478 e. The van der Waals surface area contributed by atoms with Crippen molar-refractivity contribution in [1.29, 1.82) is 0 Å². The van der Waals surface area contributed by atoms with Crippen LogP contribution in [-0.4, -0.2) is 21.0 Å². The third-order valence-corrected chi connectivity index (χ3v) is 2.70. The molecule has 1 aromatic heterocycles. The molecule has 1 aromatic carbocycles. The topological polar surface area (TPSA) is 105 Å². The van der Waals surface area contributed by atoms with Gasteiger partial charge < -0.3 is 10.4 Å². The van der Waals surface area contributed by atoms with Crippen LogP contribution in [-0.2, 0) is 0 Å². The van der Waals surface area contributed by atoms with Gasteiger partial charge >= 0.3 is 11.7 Å². The number of nitrogens with zero attached hydrogens (tertiary/aromatic N) is 2. The number of hydrogen-bond donors (Lipinski definition) is 2. The van der Waals surface area contributed by atoms with Crippen LogP contribution < -0.4 is 5.32 Å². The molecule has 7 nitrogen and oxygen atoms in total. The van der Waals surface area contributed by atoms with Gasteiger partial charge in [0.05, 0.1) is 15.5 Å². The van der Waals surface area contributed by atoms with Crippen molar-refractivity contribution in [2.45, 2.75) is 0 Å². The van der Waals surface area contributed by atoms with Crippen LogP contribution in [0.3, 0.4) is 0 Å². The van der Waals surface area contributed by atoms with E-state index < -0.39 is 22.3 Å². The summed E-state index contributed by atoms with van der Waals surface area (Å²) in [5.41, 5.74) is -0.764. The molecule has 21 heavy (non-hydrogen) atoms. The fourth-order valence-electron chi connectivity index (χ4n) is 1.57. The lowest BCUT2D eigenvalue weighted by Crippen LogP contribution is -2.03. The molecule has 2 N–H and O–H groups in total. The summed E-state index contributed by atoms with van der Waals surface area (Å²) in [5, 5.41) is 22.2. The number of nitro groups is 1. The Balaban J connectivity index is 2.37. The van der Waals surface area contributed by atoms with Gasteiger partial charge in [0.15, 0.2) is 0 Å². The highest BCUT2D eigenvalue weighted by molar-refractivity contribution is 6.30. The molecule has 0 bridgehead atoms. The molecule has 1 heterocycles. The van der Waals surface area contributed by atoms with Crippen molar-refractivity contribution in [3.63, 3.8) is 0 Å². The maximum Gasteiger partial charge on any atom is 0.338 e. The average Bonchev–Trinajstić information content (AvgIpc) is 2.40. The van der Waals surface area contributed by atoms with Crippen LogP contribution >= 0.6 is 11.6 Å². The molecule has 0 aliphatic rings. The van der Waals surface area contributed by atoms with E-state index in [1.807, 2.05) is 0 Å². The number of aromatic carboxylic acids is 1. The first kappa shape index (κ1) is 14.7. The molecule has 0 radical (unpaired) electrons. The Hall–Kier alpha value is -2.74. The first-order valence-electron chi connectivity index (χ1n) is 5.48. The lowest BCUT2D eigenvalue weighted by Gasteiger charge is -2.07. The van der Waals surface area contributed by atoms with Gasteiger partial charge in [-0.3, -0.25) is 10.1 Å². The van der Waals surface area contributed by atoms with Crippen molar-refractivity contribution >= 4 is 34.8 Å². The number of benzene rings is 1. The number of halogens is 2. The van der Waals surface area contributed by atoms with Crippen LogP contribution in [0.15, 0.2) is 30.5 Å². The van der Waals surface area contributed by atoms with Crippen LogP contribution in [0, 0.1) is 15.9 Å². The highest BCUT2D eigenvalue weighted by Crippen LogP contribution is 2.28. The van der Waals surface area contributed by atoms with Crippen LogP contribution in [0.2, 0.25) is 5.02 Å². The number of pyridine rings is 1. The predicted molar refractivity (Wildman–Crippen MR) is 72.5 cm³/mol. The van der Waals surface area contributed by atoms with E-state index in [4.69, 9.17) is 16.7 Å². The highest BCUT2D eigenvalue weighted by Gasteiger charge is 2.17. The van der Waals surface area contributed by atoms with Crippen molar-refractivity contribution in [2.24, 2.45) is 0 Å². The molecule has 0 saturated heterocycles. The molecule has 0 saturated carbocycles. The molecular weight excluding hydrogens is 305 g/mol. The van der Waals surface area contributed by atoms with Gasteiger partial charge in [0.25, 0.3) is 0 Å². The Morgan fingerprint density at radius 3 is 2.71 bits per heavy atom.